The number of carbonyl (C=O) groups is 1. The quantitative estimate of drug-likeness (QED) is 0.380. The van der Waals surface area contributed by atoms with Crippen molar-refractivity contribution >= 4 is 38.8 Å². The fraction of sp³-hybridized carbons (Fsp3) is 0.192. The number of nitriles is 1. The van der Waals surface area contributed by atoms with Crippen molar-refractivity contribution in [3.63, 3.8) is 0 Å². The van der Waals surface area contributed by atoms with Crippen LogP contribution in [0.15, 0.2) is 36.4 Å². The van der Waals surface area contributed by atoms with Crippen LogP contribution in [0.4, 0.5) is 11.5 Å². The van der Waals surface area contributed by atoms with Gasteiger partial charge in [0.2, 0.25) is 5.78 Å². The van der Waals surface area contributed by atoms with Crippen molar-refractivity contribution in [1.82, 2.24) is 4.98 Å². The van der Waals surface area contributed by atoms with Crippen LogP contribution < -0.4 is 16.2 Å². The highest BCUT2D eigenvalue weighted by Crippen LogP contribution is 2.43. The number of ketones is 1. The number of benzene rings is 2. The Balaban J connectivity index is 1.96. The molecule has 0 aliphatic heterocycles. The molecule has 0 radical (unpaired) electrons. The van der Waals surface area contributed by atoms with Gasteiger partial charge in [0.25, 0.3) is 0 Å². The standard InChI is InChI=1S/C26H24N4O2S/c1-5-32-17-8-6-16(7-9-17)20-19(12-27)25(29)30-26-21(20)22(28)24(33-26)23(31)18-11-14(3)13(2)10-15(18)4/h6-11H,5,28H2,1-4H3,(H2,29,30). The van der Waals surface area contributed by atoms with E-state index in [0.717, 1.165) is 28.0 Å². The number of nitrogens with zero attached hydrogens (tertiary/aromatic N) is 2. The van der Waals surface area contributed by atoms with E-state index in [0.29, 0.717) is 38.5 Å². The highest BCUT2D eigenvalue weighted by Gasteiger charge is 2.25. The number of fused-ring (bicyclic) bond motifs is 1. The minimum Gasteiger partial charge on any atom is -0.494 e. The minimum atomic E-state index is -0.161. The largest absolute Gasteiger partial charge is 0.494 e. The van der Waals surface area contributed by atoms with Crippen LogP contribution in [0.1, 0.15) is 44.4 Å². The molecule has 0 unspecified atom stereocenters. The van der Waals surface area contributed by atoms with Crippen LogP contribution in [0, 0.1) is 32.1 Å². The van der Waals surface area contributed by atoms with Crippen LogP contribution >= 0.6 is 11.3 Å². The molecule has 33 heavy (non-hydrogen) atoms. The van der Waals surface area contributed by atoms with E-state index in [1.807, 2.05) is 64.1 Å². The second kappa shape index (κ2) is 8.57. The van der Waals surface area contributed by atoms with Crippen LogP contribution in [0.2, 0.25) is 0 Å². The molecule has 0 atom stereocenters. The van der Waals surface area contributed by atoms with E-state index < -0.39 is 0 Å². The lowest BCUT2D eigenvalue weighted by Gasteiger charge is -2.11. The normalized spacial score (nSPS) is 10.9. The number of thiophene rings is 1. The Hall–Kier alpha value is -3.89. The van der Waals surface area contributed by atoms with Crippen LogP contribution in [0.3, 0.4) is 0 Å². The number of nitrogen functional groups attached to an aromatic ring is 2. The molecule has 2 aromatic heterocycles. The van der Waals surface area contributed by atoms with E-state index in [2.05, 4.69) is 11.1 Å². The summed E-state index contributed by atoms with van der Waals surface area (Å²) in [7, 11) is 0. The van der Waals surface area contributed by atoms with Gasteiger partial charge in [-0.3, -0.25) is 4.79 Å². The molecule has 0 fully saturated rings. The van der Waals surface area contributed by atoms with Crippen molar-refractivity contribution in [2.75, 3.05) is 18.1 Å². The van der Waals surface area contributed by atoms with Gasteiger partial charge in [0, 0.05) is 16.5 Å². The van der Waals surface area contributed by atoms with Crippen molar-refractivity contribution in [2.24, 2.45) is 0 Å². The molecule has 7 heteroatoms. The molecule has 2 aromatic carbocycles. The SMILES string of the molecule is CCOc1ccc(-c2c(C#N)c(N)nc3sc(C(=O)c4cc(C)c(C)cc4C)c(N)c23)cc1. The summed E-state index contributed by atoms with van der Waals surface area (Å²) in [6, 6.07) is 13.4. The maximum absolute atomic E-state index is 13.5. The molecule has 4 N–H and O–H groups in total. The second-order valence-corrected chi connectivity index (χ2v) is 8.92. The molecule has 4 aromatic rings. The van der Waals surface area contributed by atoms with Crippen LogP contribution in [0.5, 0.6) is 5.75 Å². The van der Waals surface area contributed by atoms with Gasteiger partial charge in [-0.25, -0.2) is 4.98 Å². The zero-order chi connectivity index (χ0) is 23.9. The molecule has 0 saturated heterocycles. The number of carbonyl (C=O) groups excluding carboxylic acids is 1. The fourth-order valence-electron chi connectivity index (χ4n) is 3.95. The zero-order valence-electron chi connectivity index (χ0n) is 18.9. The third-order valence-corrected chi connectivity index (χ3v) is 6.86. The summed E-state index contributed by atoms with van der Waals surface area (Å²) < 4.78 is 5.53. The molecule has 0 amide bonds. The van der Waals surface area contributed by atoms with E-state index in [4.69, 9.17) is 16.2 Å². The Bertz CT molecular complexity index is 1450. The molecular weight excluding hydrogens is 432 g/mol. The van der Waals surface area contributed by atoms with Gasteiger partial charge < -0.3 is 16.2 Å². The summed E-state index contributed by atoms with van der Waals surface area (Å²) in [5, 5.41) is 10.4. The van der Waals surface area contributed by atoms with Crippen molar-refractivity contribution in [1.29, 1.82) is 5.26 Å². The lowest BCUT2D eigenvalue weighted by molar-refractivity contribution is 0.104. The lowest BCUT2D eigenvalue weighted by atomic mass is 9.95. The number of hydrogen-bond donors (Lipinski definition) is 2. The van der Waals surface area contributed by atoms with Gasteiger partial charge in [-0.1, -0.05) is 18.2 Å². The first-order chi connectivity index (χ1) is 15.8. The van der Waals surface area contributed by atoms with E-state index >= 15 is 0 Å². The van der Waals surface area contributed by atoms with Gasteiger partial charge in [-0.2, -0.15) is 5.26 Å². The van der Waals surface area contributed by atoms with Gasteiger partial charge in [0.15, 0.2) is 0 Å². The van der Waals surface area contributed by atoms with Gasteiger partial charge >= 0.3 is 0 Å². The monoisotopic (exact) mass is 456 g/mol. The Kier molecular flexibility index (Phi) is 5.79. The Labute approximate surface area is 196 Å². The maximum Gasteiger partial charge on any atom is 0.205 e. The minimum absolute atomic E-state index is 0.108. The Morgan fingerprint density at radius 1 is 1.09 bits per heavy atom. The number of rotatable bonds is 5. The molecule has 0 aliphatic rings. The predicted molar refractivity (Wildman–Crippen MR) is 134 cm³/mol. The van der Waals surface area contributed by atoms with E-state index in [9.17, 15) is 10.1 Å². The number of pyridine rings is 1. The third kappa shape index (κ3) is 3.79. The highest BCUT2D eigenvalue weighted by atomic mass is 32.1. The number of ether oxygens (including phenoxy) is 1. The van der Waals surface area contributed by atoms with E-state index in [-0.39, 0.29) is 17.2 Å². The molecule has 2 heterocycles. The molecular formula is C26H24N4O2S. The summed E-state index contributed by atoms with van der Waals surface area (Å²) in [5.41, 5.74) is 18.2. The highest BCUT2D eigenvalue weighted by molar-refractivity contribution is 7.21. The summed E-state index contributed by atoms with van der Waals surface area (Å²) in [6.07, 6.45) is 0. The lowest BCUT2D eigenvalue weighted by Crippen LogP contribution is -2.06. The molecule has 0 spiro atoms. The van der Waals surface area contributed by atoms with Gasteiger partial charge in [-0.05, 0) is 68.1 Å². The topological polar surface area (TPSA) is 115 Å². The Morgan fingerprint density at radius 2 is 1.76 bits per heavy atom. The summed E-state index contributed by atoms with van der Waals surface area (Å²) in [5.74, 6) is 0.666. The van der Waals surface area contributed by atoms with Crippen molar-refractivity contribution in [2.45, 2.75) is 27.7 Å². The molecule has 6 nitrogen and oxygen atoms in total. The average molecular weight is 457 g/mol. The van der Waals surface area contributed by atoms with Crippen molar-refractivity contribution < 1.29 is 9.53 Å². The zero-order valence-corrected chi connectivity index (χ0v) is 19.8. The van der Waals surface area contributed by atoms with E-state index in [1.54, 1.807) is 0 Å². The van der Waals surface area contributed by atoms with E-state index in [1.165, 1.54) is 11.3 Å². The first-order valence-electron chi connectivity index (χ1n) is 10.5. The molecule has 0 aliphatic carbocycles. The number of hydrogen-bond acceptors (Lipinski definition) is 7. The van der Waals surface area contributed by atoms with Gasteiger partial charge in [-0.15, -0.1) is 11.3 Å². The average Bonchev–Trinajstić information content (AvgIpc) is 3.11. The smallest absolute Gasteiger partial charge is 0.205 e. The number of anilines is 2. The van der Waals surface area contributed by atoms with Crippen LogP contribution in [-0.4, -0.2) is 17.4 Å². The molecule has 0 bridgehead atoms. The molecule has 4 rings (SSSR count). The second-order valence-electron chi connectivity index (χ2n) is 7.92. The molecule has 166 valence electrons. The summed E-state index contributed by atoms with van der Waals surface area (Å²) >= 11 is 1.20. The Morgan fingerprint density at radius 3 is 2.39 bits per heavy atom. The summed E-state index contributed by atoms with van der Waals surface area (Å²) in [6.45, 7) is 8.38. The number of aromatic nitrogens is 1. The molecule has 0 saturated carbocycles. The van der Waals surface area contributed by atoms with Gasteiger partial charge in [0.05, 0.1) is 12.3 Å². The maximum atomic E-state index is 13.5. The van der Waals surface area contributed by atoms with Gasteiger partial charge in [0.1, 0.15) is 32.9 Å². The number of nitrogens with two attached hydrogens (primary N) is 2. The fourth-order valence-corrected chi connectivity index (χ4v) is 5.02. The van der Waals surface area contributed by atoms with Crippen molar-refractivity contribution in [3.8, 4) is 22.9 Å². The number of aryl methyl sites for hydroxylation is 3. The first-order valence-corrected chi connectivity index (χ1v) is 11.4. The third-order valence-electron chi connectivity index (χ3n) is 5.76. The predicted octanol–water partition coefficient (Wildman–Crippen LogP) is 5.55. The first kappa shape index (κ1) is 22.3. The van der Waals surface area contributed by atoms with Crippen LogP contribution in [0.25, 0.3) is 21.3 Å². The summed E-state index contributed by atoms with van der Waals surface area (Å²) in [4.78, 5) is 18.8. The van der Waals surface area contributed by atoms with Crippen LogP contribution in [-0.2, 0) is 0 Å². The van der Waals surface area contributed by atoms with Crippen molar-refractivity contribution in [3.05, 3.63) is 69.1 Å².